The second-order valence-electron chi connectivity index (χ2n) is 2.67. The summed E-state index contributed by atoms with van der Waals surface area (Å²) in [4.78, 5) is 9.23. The molecule has 0 radical (unpaired) electrons. The van der Waals surface area contributed by atoms with Gasteiger partial charge in [-0.05, 0) is 13.0 Å². The average Bonchev–Trinajstić information content (AvgIpc) is 2.52. The van der Waals surface area contributed by atoms with Crippen molar-refractivity contribution in [3.8, 4) is 11.3 Å². The molecule has 0 aromatic carbocycles. The van der Waals surface area contributed by atoms with Gasteiger partial charge in [-0.15, -0.1) is 11.3 Å². The van der Waals surface area contributed by atoms with Gasteiger partial charge in [-0.2, -0.15) is 0 Å². The Morgan fingerprint density at radius 2 is 2.15 bits per heavy atom. The largest absolute Gasteiger partial charge is 0.236 e. The van der Waals surface area contributed by atoms with Gasteiger partial charge in [0.15, 0.2) is 0 Å². The predicted molar refractivity (Wildman–Crippen MR) is 55.1 cm³/mol. The van der Waals surface area contributed by atoms with Gasteiger partial charge in [0, 0.05) is 21.9 Å². The number of hydrogen-bond acceptors (Lipinski definition) is 3. The van der Waals surface area contributed by atoms with Gasteiger partial charge in [0.25, 0.3) is 0 Å². The smallest absolute Gasteiger partial charge is 0.133 e. The molecule has 66 valence electrons. The maximum Gasteiger partial charge on any atom is 0.133 e. The lowest BCUT2D eigenvalue weighted by atomic mass is 10.2. The van der Waals surface area contributed by atoms with Crippen molar-refractivity contribution in [1.82, 2.24) is 9.97 Å². The Balaban J connectivity index is 2.46. The Bertz CT molecular complexity index is 425. The minimum Gasteiger partial charge on any atom is -0.236 e. The highest BCUT2D eigenvalue weighted by Crippen LogP contribution is 2.24. The van der Waals surface area contributed by atoms with Gasteiger partial charge >= 0.3 is 0 Å². The zero-order valence-corrected chi connectivity index (χ0v) is 8.56. The zero-order chi connectivity index (χ0) is 9.26. The van der Waals surface area contributed by atoms with Crippen LogP contribution in [0.1, 0.15) is 4.88 Å². The van der Waals surface area contributed by atoms with E-state index in [1.807, 2.05) is 0 Å². The molecule has 0 spiro atoms. The third kappa shape index (κ3) is 1.87. The first-order chi connectivity index (χ1) is 6.25. The fourth-order valence-electron chi connectivity index (χ4n) is 1.07. The number of aromatic nitrogens is 2. The number of halogens is 1. The molecule has 0 saturated carbocycles. The summed E-state index contributed by atoms with van der Waals surface area (Å²) in [6, 6.07) is 3.85. The highest BCUT2D eigenvalue weighted by molar-refractivity contribution is 7.10. The van der Waals surface area contributed by atoms with Gasteiger partial charge in [0.1, 0.15) is 11.5 Å². The molecule has 0 N–H and O–H groups in total. The molecule has 4 heteroatoms. The van der Waals surface area contributed by atoms with Crippen LogP contribution in [0, 0.1) is 6.92 Å². The minimum atomic E-state index is 0.480. The molecule has 0 saturated heterocycles. The summed E-state index contributed by atoms with van der Waals surface area (Å²) in [5, 5.41) is 2.54. The lowest BCUT2D eigenvalue weighted by Gasteiger charge is -1.95. The van der Waals surface area contributed by atoms with Crippen molar-refractivity contribution >= 4 is 22.9 Å². The SMILES string of the molecule is Cc1cc(-c2cc(Cl)ncn2)cs1. The molecule has 2 nitrogen and oxygen atoms in total. The molecule has 0 bridgehead atoms. The van der Waals surface area contributed by atoms with E-state index in [4.69, 9.17) is 11.6 Å². The minimum absolute atomic E-state index is 0.480. The Kier molecular flexibility index (Phi) is 2.29. The van der Waals surface area contributed by atoms with Crippen LogP contribution < -0.4 is 0 Å². The quantitative estimate of drug-likeness (QED) is 0.676. The van der Waals surface area contributed by atoms with E-state index in [9.17, 15) is 0 Å². The molecule has 13 heavy (non-hydrogen) atoms. The maximum atomic E-state index is 5.75. The van der Waals surface area contributed by atoms with Crippen molar-refractivity contribution in [1.29, 1.82) is 0 Å². The first-order valence-electron chi connectivity index (χ1n) is 3.79. The van der Waals surface area contributed by atoms with Crippen molar-refractivity contribution < 1.29 is 0 Å². The number of rotatable bonds is 1. The third-order valence-corrected chi connectivity index (χ3v) is 2.73. The average molecular weight is 211 g/mol. The van der Waals surface area contributed by atoms with E-state index < -0.39 is 0 Å². The van der Waals surface area contributed by atoms with Crippen LogP contribution in [0.25, 0.3) is 11.3 Å². The summed E-state index contributed by atoms with van der Waals surface area (Å²) >= 11 is 7.46. The monoisotopic (exact) mass is 210 g/mol. The number of aryl methyl sites for hydroxylation is 1. The molecular weight excluding hydrogens is 204 g/mol. The van der Waals surface area contributed by atoms with Crippen LogP contribution in [0.5, 0.6) is 0 Å². The third-order valence-electron chi connectivity index (χ3n) is 1.66. The molecule has 2 rings (SSSR count). The number of hydrogen-bond donors (Lipinski definition) is 0. The van der Waals surface area contributed by atoms with Crippen LogP contribution in [-0.2, 0) is 0 Å². The summed E-state index contributed by atoms with van der Waals surface area (Å²) < 4.78 is 0. The first kappa shape index (κ1) is 8.66. The van der Waals surface area contributed by atoms with Crippen molar-refractivity contribution in [2.24, 2.45) is 0 Å². The van der Waals surface area contributed by atoms with E-state index in [0.717, 1.165) is 11.3 Å². The summed E-state index contributed by atoms with van der Waals surface area (Å²) in [6.07, 6.45) is 1.48. The van der Waals surface area contributed by atoms with Crippen molar-refractivity contribution in [2.75, 3.05) is 0 Å². The fourth-order valence-corrected chi connectivity index (χ4v) is 1.91. The van der Waals surface area contributed by atoms with Crippen LogP contribution >= 0.6 is 22.9 Å². The summed E-state index contributed by atoms with van der Waals surface area (Å²) in [7, 11) is 0. The Morgan fingerprint density at radius 1 is 1.31 bits per heavy atom. The van der Waals surface area contributed by atoms with E-state index in [2.05, 4.69) is 28.3 Å². The molecule has 0 unspecified atom stereocenters. The molecule has 0 fully saturated rings. The highest BCUT2D eigenvalue weighted by atomic mass is 35.5. The standard InChI is InChI=1S/C9H7ClN2S/c1-6-2-7(4-13-6)8-3-9(10)12-5-11-8/h2-5H,1H3. The normalized spacial score (nSPS) is 10.3. The molecule has 0 aliphatic carbocycles. The summed E-state index contributed by atoms with van der Waals surface area (Å²) in [5.41, 5.74) is 1.98. The zero-order valence-electron chi connectivity index (χ0n) is 6.99. The van der Waals surface area contributed by atoms with Gasteiger partial charge in [-0.25, -0.2) is 9.97 Å². The van der Waals surface area contributed by atoms with Crippen molar-refractivity contribution in [3.05, 3.63) is 33.9 Å². The molecule has 0 amide bonds. The number of thiophene rings is 1. The Hall–Kier alpha value is -0.930. The fraction of sp³-hybridized carbons (Fsp3) is 0.111. The molecule has 0 aliphatic rings. The molecular formula is C9H7ClN2S. The van der Waals surface area contributed by atoms with Crippen LogP contribution in [-0.4, -0.2) is 9.97 Å². The Labute approximate surface area is 85.2 Å². The van der Waals surface area contributed by atoms with Gasteiger partial charge in [0.2, 0.25) is 0 Å². The van der Waals surface area contributed by atoms with E-state index in [0.29, 0.717) is 5.15 Å². The van der Waals surface area contributed by atoms with Crippen molar-refractivity contribution in [2.45, 2.75) is 6.92 Å². The van der Waals surface area contributed by atoms with Crippen LogP contribution in [0.15, 0.2) is 23.8 Å². The molecule has 0 aliphatic heterocycles. The lowest BCUT2D eigenvalue weighted by molar-refractivity contribution is 1.17. The number of nitrogens with zero attached hydrogens (tertiary/aromatic N) is 2. The van der Waals surface area contributed by atoms with Gasteiger partial charge < -0.3 is 0 Å². The second-order valence-corrected chi connectivity index (χ2v) is 4.17. The highest BCUT2D eigenvalue weighted by Gasteiger charge is 2.01. The Morgan fingerprint density at radius 3 is 2.77 bits per heavy atom. The molecule has 0 atom stereocenters. The van der Waals surface area contributed by atoms with Crippen LogP contribution in [0.3, 0.4) is 0 Å². The molecule has 2 aromatic rings. The van der Waals surface area contributed by atoms with Crippen LogP contribution in [0.4, 0.5) is 0 Å². The van der Waals surface area contributed by atoms with Gasteiger partial charge in [-0.3, -0.25) is 0 Å². The van der Waals surface area contributed by atoms with Gasteiger partial charge in [-0.1, -0.05) is 11.6 Å². The second kappa shape index (κ2) is 3.44. The topological polar surface area (TPSA) is 25.8 Å². The van der Waals surface area contributed by atoms with E-state index >= 15 is 0 Å². The van der Waals surface area contributed by atoms with Gasteiger partial charge in [0.05, 0.1) is 5.69 Å². The van der Waals surface area contributed by atoms with E-state index in [1.54, 1.807) is 17.4 Å². The van der Waals surface area contributed by atoms with E-state index in [-0.39, 0.29) is 0 Å². The molecule has 2 heterocycles. The summed E-state index contributed by atoms with van der Waals surface area (Å²) in [5.74, 6) is 0. The maximum absolute atomic E-state index is 5.75. The predicted octanol–water partition coefficient (Wildman–Crippen LogP) is 3.17. The molecule has 2 aromatic heterocycles. The van der Waals surface area contributed by atoms with Crippen LogP contribution in [0.2, 0.25) is 5.15 Å². The lowest BCUT2D eigenvalue weighted by Crippen LogP contribution is -1.82. The first-order valence-corrected chi connectivity index (χ1v) is 5.04. The van der Waals surface area contributed by atoms with E-state index in [1.165, 1.54) is 11.2 Å². The summed E-state index contributed by atoms with van der Waals surface area (Å²) in [6.45, 7) is 2.07. The van der Waals surface area contributed by atoms with Crippen molar-refractivity contribution in [3.63, 3.8) is 0 Å².